The van der Waals surface area contributed by atoms with Crippen LogP contribution in [0.15, 0.2) is 0 Å². The molecule has 1 amide bonds. The molecule has 2 heterocycles. The molecule has 0 aromatic carbocycles. The van der Waals surface area contributed by atoms with Gasteiger partial charge in [0.15, 0.2) is 0 Å². The number of carboxylic acid groups (broad SMARTS) is 1. The van der Waals surface area contributed by atoms with E-state index >= 15 is 0 Å². The number of carboxylic acids is 1. The molecular weight excluding hydrogens is 268 g/mol. The highest BCUT2D eigenvalue weighted by Crippen LogP contribution is 2.23. The predicted molar refractivity (Wildman–Crippen MR) is 81.0 cm³/mol. The summed E-state index contributed by atoms with van der Waals surface area (Å²) in [4.78, 5) is 27.8. The highest BCUT2D eigenvalue weighted by Gasteiger charge is 2.32. The van der Waals surface area contributed by atoms with Crippen LogP contribution in [0.25, 0.3) is 0 Å². The summed E-state index contributed by atoms with van der Waals surface area (Å²) in [6.07, 6.45) is 5.15. The first-order valence-corrected chi connectivity index (χ1v) is 8.25. The summed E-state index contributed by atoms with van der Waals surface area (Å²) in [7, 11) is 0. The Morgan fingerprint density at radius 1 is 1.24 bits per heavy atom. The Balaban J connectivity index is 1.93. The lowest BCUT2D eigenvalue weighted by Gasteiger charge is -2.39. The number of nitrogens with zero attached hydrogens (tertiary/aromatic N) is 2. The van der Waals surface area contributed by atoms with Gasteiger partial charge < -0.3 is 10.0 Å². The number of likely N-dealkylation sites (tertiary alicyclic amines) is 2. The fraction of sp³-hybridized carbons (Fsp3) is 0.875. The lowest BCUT2D eigenvalue weighted by molar-refractivity contribution is -0.146. The Morgan fingerprint density at radius 2 is 2.00 bits per heavy atom. The first-order chi connectivity index (χ1) is 10.0. The minimum Gasteiger partial charge on any atom is -0.481 e. The van der Waals surface area contributed by atoms with Gasteiger partial charge in [-0.3, -0.25) is 14.5 Å². The summed E-state index contributed by atoms with van der Waals surface area (Å²) in [5.41, 5.74) is 0. The Kier molecular flexibility index (Phi) is 5.62. The predicted octanol–water partition coefficient (Wildman–Crippen LogP) is 1.82. The SMILES string of the molecule is CCC1CCCCN1C(=O)CN1CC(C)CC(C(=O)O)C1. The van der Waals surface area contributed by atoms with Crippen LogP contribution < -0.4 is 0 Å². The fourth-order valence-corrected chi connectivity index (χ4v) is 3.81. The summed E-state index contributed by atoms with van der Waals surface area (Å²) in [5.74, 6) is -0.538. The molecule has 2 aliphatic rings. The molecule has 0 bridgehead atoms. The molecule has 3 atom stereocenters. The van der Waals surface area contributed by atoms with E-state index in [1.54, 1.807) is 0 Å². The number of hydrogen-bond acceptors (Lipinski definition) is 3. The van der Waals surface area contributed by atoms with E-state index in [1.165, 1.54) is 6.42 Å². The maximum absolute atomic E-state index is 12.6. The van der Waals surface area contributed by atoms with Crippen LogP contribution in [0.1, 0.15) is 46.0 Å². The summed E-state index contributed by atoms with van der Waals surface area (Å²) >= 11 is 0. The van der Waals surface area contributed by atoms with Gasteiger partial charge in [-0.15, -0.1) is 0 Å². The molecule has 0 aromatic heterocycles. The van der Waals surface area contributed by atoms with Crippen molar-refractivity contribution in [3.05, 3.63) is 0 Å². The molecule has 2 aliphatic heterocycles. The number of carbonyl (C=O) groups excluding carboxylic acids is 1. The van der Waals surface area contributed by atoms with Crippen molar-refractivity contribution in [3.63, 3.8) is 0 Å². The number of hydrogen-bond donors (Lipinski definition) is 1. The zero-order valence-electron chi connectivity index (χ0n) is 13.3. The minimum absolute atomic E-state index is 0.180. The van der Waals surface area contributed by atoms with Crippen molar-refractivity contribution in [2.45, 2.75) is 52.0 Å². The van der Waals surface area contributed by atoms with Crippen LogP contribution in [0.3, 0.4) is 0 Å². The zero-order chi connectivity index (χ0) is 15.4. The molecule has 120 valence electrons. The molecule has 3 unspecified atom stereocenters. The van der Waals surface area contributed by atoms with Crippen LogP contribution in [0, 0.1) is 11.8 Å². The van der Waals surface area contributed by atoms with Gasteiger partial charge in [0.05, 0.1) is 12.5 Å². The number of amides is 1. The van der Waals surface area contributed by atoms with Gasteiger partial charge in [0.1, 0.15) is 0 Å². The summed E-state index contributed by atoms with van der Waals surface area (Å²) in [6, 6.07) is 0.378. The van der Waals surface area contributed by atoms with Gasteiger partial charge >= 0.3 is 5.97 Å². The van der Waals surface area contributed by atoms with Crippen molar-refractivity contribution >= 4 is 11.9 Å². The Morgan fingerprint density at radius 3 is 2.67 bits per heavy atom. The van der Waals surface area contributed by atoms with Crippen molar-refractivity contribution in [3.8, 4) is 0 Å². The smallest absolute Gasteiger partial charge is 0.307 e. The number of aliphatic carboxylic acids is 1. The van der Waals surface area contributed by atoms with Gasteiger partial charge in [0.2, 0.25) is 5.91 Å². The quantitative estimate of drug-likeness (QED) is 0.859. The summed E-state index contributed by atoms with van der Waals surface area (Å²) in [5, 5.41) is 9.21. The van der Waals surface area contributed by atoms with Crippen LogP contribution >= 0.6 is 0 Å². The van der Waals surface area contributed by atoms with Crippen molar-refractivity contribution in [1.29, 1.82) is 0 Å². The van der Waals surface area contributed by atoms with Crippen molar-refractivity contribution in [2.24, 2.45) is 11.8 Å². The van der Waals surface area contributed by atoms with Crippen LogP contribution in [0.5, 0.6) is 0 Å². The average molecular weight is 296 g/mol. The molecule has 0 radical (unpaired) electrons. The van der Waals surface area contributed by atoms with Crippen LogP contribution in [0.4, 0.5) is 0 Å². The van der Waals surface area contributed by atoms with Crippen LogP contribution in [0.2, 0.25) is 0 Å². The Hall–Kier alpha value is -1.10. The fourth-order valence-electron chi connectivity index (χ4n) is 3.81. The van der Waals surface area contributed by atoms with E-state index in [2.05, 4.69) is 13.8 Å². The second-order valence-electron chi connectivity index (χ2n) is 6.72. The maximum atomic E-state index is 12.6. The van der Waals surface area contributed by atoms with E-state index in [4.69, 9.17) is 0 Å². The molecule has 0 aliphatic carbocycles. The third-order valence-corrected chi connectivity index (χ3v) is 4.86. The zero-order valence-corrected chi connectivity index (χ0v) is 13.3. The largest absolute Gasteiger partial charge is 0.481 e. The van der Waals surface area contributed by atoms with Crippen molar-refractivity contribution in [1.82, 2.24) is 9.80 Å². The van der Waals surface area contributed by atoms with Crippen LogP contribution in [-0.2, 0) is 9.59 Å². The Bertz CT molecular complexity index is 386. The molecular formula is C16H28N2O3. The normalized spacial score (nSPS) is 31.1. The Labute approximate surface area is 127 Å². The molecule has 2 rings (SSSR count). The third kappa shape index (κ3) is 4.19. The third-order valence-electron chi connectivity index (χ3n) is 4.86. The number of rotatable bonds is 4. The molecule has 5 heteroatoms. The molecule has 2 saturated heterocycles. The van der Waals surface area contributed by atoms with E-state index in [0.717, 1.165) is 38.8 Å². The highest BCUT2D eigenvalue weighted by molar-refractivity contribution is 5.79. The molecule has 1 N–H and O–H groups in total. The standard InChI is InChI=1S/C16H28N2O3/c1-3-14-6-4-5-7-18(14)15(19)11-17-9-12(2)8-13(10-17)16(20)21/h12-14H,3-11H2,1-2H3,(H,20,21). The van der Waals surface area contributed by atoms with E-state index in [-0.39, 0.29) is 11.8 Å². The molecule has 0 aromatic rings. The lowest BCUT2D eigenvalue weighted by Crippen LogP contribution is -2.51. The van der Waals surface area contributed by atoms with E-state index < -0.39 is 5.97 Å². The van der Waals surface area contributed by atoms with Gasteiger partial charge in [-0.2, -0.15) is 0 Å². The first kappa shape index (κ1) is 16.3. The van der Waals surface area contributed by atoms with Gasteiger partial charge in [0, 0.05) is 25.7 Å². The average Bonchev–Trinajstić information content (AvgIpc) is 2.46. The molecule has 0 spiro atoms. The van der Waals surface area contributed by atoms with Gasteiger partial charge in [-0.1, -0.05) is 13.8 Å². The topological polar surface area (TPSA) is 60.9 Å². The second kappa shape index (κ2) is 7.25. The molecule has 21 heavy (non-hydrogen) atoms. The maximum Gasteiger partial charge on any atom is 0.307 e. The number of piperidine rings is 2. The number of carbonyl (C=O) groups is 2. The lowest BCUT2D eigenvalue weighted by atomic mass is 9.90. The summed E-state index contributed by atoms with van der Waals surface area (Å²) < 4.78 is 0. The van der Waals surface area contributed by atoms with Gasteiger partial charge in [-0.05, 0) is 38.0 Å². The molecule has 0 saturated carbocycles. The van der Waals surface area contributed by atoms with E-state index in [0.29, 0.717) is 25.0 Å². The van der Waals surface area contributed by atoms with Gasteiger partial charge in [0.25, 0.3) is 0 Å². The first-order valence-electron chi connectivity index (χ1n) is 8.25. The molecule has 2 fully saturated rings. The van der Waals surface area contributed by atoms with E-state index in [9.17, 15) is 14.7 Å². The monoisotopic (exact) mass is 296 g/mol. The van der Waals surface area contributed by atoms with Crippen molar-refractivity contribution < 1.29 is 14.7 Å². The second-order valence-corrected chi connectivity index (χ2v) is 6.72. The minimum atomic E-state index is -0.733. The van der Waals surface area contributed by atoms with Crippen LogP contribution in [-0.4, -0.2) is 59.0 Å². The van der Waals surface area contributed by atoms with Crippen molar-refractivity contribution in [2.75, 3.05) is 26.2 Å². The molecule has 5 nitrogen and oxygen atoms in total. The van der Waals surface area contributed by atoms with Gasteiger partial charge in [-0.25, -0.2) is 0 Å². The summed E-state index contributed by atoms with van der Waals surface area (Å²) in [6.45, 7) is 6.80. The van der Waals surface area contributed by atoms with E-state index in [1.807, 2.05) is 9.80 Å². The highest BCUT2D eigenvalue weighted by atomic mass is 16.4.